The van der Waals surface area contributed by atoms with Gasteiger partial charge in [-0.25, -0.2) is 9.97 Å². The molecule has 0 radical (unpaired) electrons. The Morgan fingerprint density at radius 1 is 1.56 bits per heavy atom. The fraction of sp³-hybridized carbons (Fsp3) is 0.615. The number of aryl methyl sites for hydroxylation is 2. The lowest BCUT2D eigenvalue weighted by Gasteiger charge is -2.19. The molecule has 0 amide bonds. The fourth-order valence-corrected chi connectivity index (χ4v) is 2.47. The van der Waals surface area contributed by atoms with Crippen LogP contribution in [0.5, 0.6) is 0 Å². The maximum absolute atomic E-state index is 10.6. The molecule has 2 heterocycles. The summed E-state index contributed by atoms with van der Waals surface area (Å²) in [6.45, 7) is 2.96. The first kappa shape index (κ1) is 13.0. The van der Waals surface area contributed by atoms with Crippen molar-refractivity contribution in [2.24, 2.45) is 0 Å². The van der Waals surface area contributed by atoms with Crippen LogP contribution in [0.2, 0.25) is 0 Å². The zero-order valence-corrected chi connectivity index (χ0v) is 10.9. The highest BCUT2D eigenvalue weighted by Crippen LogP contribution is 2.29. The van der Waals surface area contributed by atoms with E-state index in [1.54, 1.807) is 0 Å². The number of aliphatic carboxylic acids is 1. The summed E-state index contributed by atoms with van der Waals surface area (Å²) in [7, 11) is 2.10. The second-order valence-corrected chi connectivity index (χ2v) is 4.86. The number of rotatable bonds is 4. The van der Waals surface area contributed by atoms with E-state index in [-0.39, 0.29) is 6.42 Å². The molecule has 1 aromatic rings. The number of carboxylic acids is 1. The molecule has 98 valence electrons. The van der Waals surface area contributed by atoms with Gasteiger partial charge in [0, 0.05) is 12.1 Å². The van der Waals surface area contributed by atoms with E-state index >= 15 is 0 Å². The molecule has 1 aliphatic heterocycles. The minimum Gasteiger partial charge on any atom is -0.481 e. The Balaban J connectivity index is 2.18. The molecule has 1 atom stereocenters. The van der Waals surface area contributed by atoms with E-state index in [2.05, 4.69) is 21.9 Å². The van der Waals surface area contributed by atoms with Crippen LogP contribution < -0.4 is 0 Å². The van der Waals surface area contributed by atoms with Gasteiger partial charge in [0.15, 0.2) is 0 Å². The van der Waals surface area contributed by atoms with Crippen molar-refractivity contribution in [2.45, 2.75) is 38.6 Å². The van der Waals surface area contributed by atoms with Crippen molar-refractivity contribution < 1.29 is 9.90 Å². The van der Waals surface area contributed by atoms with Crippen molar-refractivity contribution in [3.63, 3.8) is 0 Å². The molecule has 0 aliphatic carbocycles. The van der Waals surface area contributed by atoms with Crippen LogP contribution in [0, 0.1) is 6.92 Å². The highest BCUT2D eigenvalue weighted by atomic mass is 16.4. The Morgan fingerprint density at radius 2 is 2.33 bits per heavy atom. The molecule has 18 heavy (non-hydrogen) atoms. The van der Waals surface area contributed by atoms with Gasteiger partial charge in [-0.05, 0) is 39.4 Å². The standard InChI is InChI=1S/C13H19N3O2/c1-9-14-10(5-6-13(17)18)8-11(15-9)12-4-3-7-16(12)2/h8,12H,3-7H2,1-2H3,(H,17,18). The topological polar surface area (TPSA) is 66.3 Å². The number of aromatic nitrogens is 2. The van der Waals surface area contributed by atoms with Crippen molar-refractivity contribution in [1.82, 2.24) is 14.9 Å². The average Bonchev–Trinajstić information content (AvgIpc) is 2.72. The maximum atomic E-state index is 10.6. The van der Waals surface area contributed by atoms with Gasteiger partial charge < -0.3 is 5.11 Å². The van der Waals surface area contributed by atoms with Crippen LogP contribution in [0.3, 0.4) is 0 Å². The summed E-state index contributed by atoms with van der Waals surface area (Å²) >= 11 is 0. The van der Waals surface area contributed by atoms with Gasteiger partial charge in [0.05, 0.1) is 18.2 Å². The lowest BCUT2D eigenvalue weighted by molar-refractivity contribution is -0.136. The van der Waals surface area contributed by atoms with Crippen LogP contribution in [-0.2, 0) is 11.2 Å². The Hall–Kier alpha value is -1.49. The predicted molar refractivity (Wildman–Crippen MR) is 67.3 cm³/mol. The summed E-state index contributed by atoms with van der Waals surface area (Å²) in [6.07, 6.45) is 2.90. The first-order chi connectivity index (χ1) is 8.56. The average molecular weight is 249 g/mol. The lowest BCUT2D eigenvalue weighted by atomic mass is 10.1. The molecule has 1 saturated heterocycles. The summed E-state index contributed by atoms with van der Waals surface area (Å²) in [4.78, 5) is 21.7. The molecular formula is C13H19N3O2. The fourth-order valence-electron chi connectivity index (χ4n) is 2.47. The smallest absolute Gasteiger partial charge is 0.303 e. The molecule has 0 aromatic carbocycles. The van der Waals surface area contributed by atoms with Crippen LogP contribution in [-0.4, -0.2) is 39.5 Å². The second-order valence-electron chi connectivity index (χ2n) is 4.86. The summed E-state index contributed by atoms with van der Waals surface area (Å²) in [6, 6.07) is 2.32. The van der Waals surface area contributed by atoms with Crippen molar-refractivity contribution in [3.05, 3.63) is 23.3 Å². The Kier molecular flexibility index (Phi) is 3.91. The van der Waals surface area contributed by atoms with E-state index in [4.69, 9.17) is 5.11 Å². The molecule has 1 fully saturated rings. The molecule has 2 rings (SSSR count). The third-order valence-corrected chi connectivity index (χ3v) is 3.37. The molecule has 0 spiro atoms. The van der Waals surface area contributed by atoms with Gasteiger partial charge >= 0.3 is 5.97 Å². The Morgan fingerprint density at radius 3 is 2.94 bits per heavy atom. The molecule has 1 aromatic heterocycles. The van der Waals surface area contributed by atoms with E-state index in [9.17, 15) is 4.79 Å². The Bertz CT molecular complexity index is 448. The van der Waals surface area contributed by atoms with Gasteiger partial charge in [-0.3, -0.25) is 9.69 Å². The molecule has 1 N–H and O–H groups in total. The van der Waals surface area contributed by atoms with E-state index in [1.165, 1.54) is 6.42 Å². The predicted octanol–water partition coefficient (Wildman–Crippen LogP) is 1.57. The van der Waals surface area contributed by atoms with Gasteiger partial charge in [-0.2, -0.15) is 0 Å². The quantitative estimate of drug-likeness (QED) is 0.877. The van der Waals surface area contributed by atoms with Crippen molar-refractivity contribution in [2.75, 3.05) is 13.6 Å². The lowest BCUT2D eigenvalue weighted by Crippen LogP contribution is -2.19. The molecule has 1 aliphatic rings. The third-order valence-electron chi connectivity index (χ3n) is 3.37. The SMILES string of the molecule is Cc1nc(CCC(=O)O)cc(C2CCCN2C)n1. The number of likely N-dealkylation sites (tertiary alicyclic amines) is 1. The van der Waals surface area contributed by atoms with Crippen LogP contribution in [0.4, 0.5) is 0 Å². The van der Waals surface area contributed by atoms with Gasteiger partial charge in [0.25, 0.3) is 0 Å². The minimum atomic E-state index is -0.786. The van der Waals surface area contributed by atoms with E-state index in [0.717, 1.165) is 30.2 Å². The Labute approximate surface area is 107 Å². The molecule has 0 saturated carbocycles. The van der Waals surface area contributed by atoms with Gasteiger partial charge in [0.1, 0.15) is 5.82 Å². The number of nitrogens with zero attached hydrogens (tertiary/aromatic N) is 3. The first-order valence-corrected chi connectivity index (χ1v) is 6.33. The molecule has 5 nitrogen and oxygen atoms in total. The monoisotopic (exact) mass is 249 g/mol. The van der Waals surface area contributed by atoms with Gasteiger partial charge in [0.2, 0.25) is 0 Å². The molecular weight excluding hydrogens is 230 g/mol. The normalized spacial score (nSPS) is 20.2. The van der Waals surface area contributed by atoms with E-state index in [0.29, 0.717) is 12.5 Å². The highest BCUT2D eigenvalue weighted by molar-refractivity contribution is 5.66. The summed E-state index contributed by atoms with van der Waals surface area (Å²) < 4.78 is 0. The van der Waals surface area contributed by atoms with Crippen molar-refractivity contribution in [1.29, 1.82) is 0 Å². The van der Waals surface area contributed by atoms with E-state index < -0.39 is 5.97 Å². The largest absolute Gasteiger partial charge is 0.481 e. The summed E-state index contributed by atoms with van der Waals surface area (Å²) in [5, 5.41) is 8.72. The van der Waals surface area contributed by atoms with Crippen molar-refractivity contribution >= 4 is 5.97 Å². The molecule has 0 bridgehead atoms. The van der Waals surface area contributed by atoms with E-state index in [1.807, 2.05) is 13.0 Å². The van der Waals surface area contributed by atoms with Gasteiger partial charge in [-0.1, -0.05) is 0 Å². The minimum absolute atomic E-state index is 0.121. The summed E-state index contributed by atoms with van der Waals surface area (Å²) in [5.41, 5.74) is 1.86. The molecule has 5 heteroatoms. The number of carboxylic acid groups (broad SMARTS) is 1. The number of carbonyl (C=O) groups is 1. The second kappa shape index (κ2) is 5.44. The van der Waals surface area contributed by atoms with Crippen LogP contribution in [0.15, 0.2) is 6.07 Å². The number of hydrogen-bond donors (Lipinski definition) is 1. The summed E-state index contributed by atoms with van der Waals surface area (Å²) in [5.74, 6) is -0.0565. The van der Waals surface area contributed by atoms with Crippen LogP contribution >= 0.6 is 0 Å². The maximum Gasteiger partial charge on any atom is 0.303 e. The van der Waals surface area contributed by atoms with Crippen LogP contribution in [0.1, 0.15) is 42.5 Å². The third kappa shape index (κ3) is 3.04. The van der Waals surface area contributed by atoms with Crippen LogP contribution in [0.25, 0.3) is 0 Å². The highest BCUT2D eigenvalue weighted by Gasteiger charge is 2.24. The van der Waals surface area contributed by atoms with Gasteiger partial charge in [-0.15, -0.1) is 0 Å². The zero-order chi connectivity index (χ0) is 13.1. The first-order valence-electron chi connectivity index (χ1n) is 6.33. The van der Waals surface area contributed by atoms with Crippen molar-refractivity contribution in [3.8, 4) is 0 Å². The molecule has 1 unspecified atom stereocenters. The number of hydrogen-bond acceptors (Lipinski definition) is 4. The zero-order valence-electron chi connectivity index (χ0n) is 10.9.